The van der Waals surface area contributed by atoms with Gasteiger partial charge in [-0.05, 0) is 24.3 Å². The van der Waals surface area contributed by atoms with Gasteiger partial charge in [-0.25, -0.2) is 0 Å². The minimum atomic E-state index is 0.225. The van der Waals surface area contributed by atoms with Crippen LogP contribution in [0.25, 0.3) is 0 Å². The van der Waals surface area contributed by atoms with E-state index in [1.54, 1.807) is 0 Å². The van der Waals surface area contributed by atoms with E-state index in [0.29, 0.717) is 17.3 Å². The number of fused-ring (bicyclic) bond motifs is 2. The van der Waals surface area contributed by atoms with Crippen molar-refractivity contribution in [2.24, 2.45) is 0 Å². The highest BCUT2D eigenvalue weighted by atomic mass is 16.7. The number of ether oxygens (including phenoxy) is 4. The smallest absolute Gasteiger partial charge is 0.231 e. The van der Waals surface area contributed by atoms with Crippen molar-refractivity contribution in [3.63, 3.8) is 0 Å². The topological polar surface area (TPSA) is 89.7 Å². The molecular weight excluding hydrogens is 324 g/mol. The fraction of sp³-hybridized carbons (Fsp3) is 0.118. The molecule has 3 heterocycles. The quantitative estimate of drug-likeness (QED) is 0.672. The van der Waals surface area contributed by atoms with Crippen LogP contribution < -0.4 is 29.6 Å². The molecule has 0 saturated carbocycles. The van der Waals surface area contributed by atoms with E-state index in [1.807, 2.05) is 42.5 Å². The second-order valence-electron chi connectivity index (χ2n) is 5.50. The molecule has 0 saturated heterocycles. The molecule has 0 fully saturated rings. The lowest BCUT2D eigenvalue weighted by atomic mass is 10.2. The molecule has 8 heteroatoms. The summed E-state index contributed by atoms with van der Waals surface area (Å²) in [5.74, 6) is 4.19. The molecule has 8 nitrogen and oxygen atoms in total. The Labute approximate surface area is 142 Å². The van der Waals surface area contributed by atoms with Gasteiger partial charge in [-0.3, -0.25) is 5.10 Å². The van der Waals surface area contributed by atoms with E-state index >= 15 is 0 Å². The number of benzene rings is 2. The largest absolute Gasteiger partial charge is 0.454 e. The van der Waals surface area contributed by atoms with Crippen molar-refractivity contribution in [2.45, 2.75) is 0 Å². The number of aromatic nitrogens is 2. The predicted molar refractivity (Wildman–Crippen MR) is 90.3 cm³/mol. The summed E-state index contributed by atoms with van der Waals surface area (Å²) in [6, 6.07) is 13.2. The number of hydrogen-bond donors (Lipinski definition) is 3. The number of nitrogens with zero attached hydrogens (tertiary/aromatic N) is 1. The maximum absolute atomic E-state index is 5.49. The van der Waals surface area contributed by atoms with Crippen molar-refractivity contribution in [1.82, 2.24) is 10.2 Å². The molecule has 5 rings (SSSR count). The van der Waals surface area contributed by atoms with E-state index < -0.39 is 0 Å². The van der Waals surface area contributed by atoms with Crippen LogP contribution in [0.2, 0.25) is 0 Å². The lowest BCUT2D eigenvalue weighted by molar-refractivity contribution is 0.174. The first-order chi connectivity index (χ1) is 12.4. The van der Waals surface area contributed by atoms with Crippen molar-refractivity contribution >= 4 is 23.0 Å². The zero-order valence-electron chi connectivity index (χ0n) is 13.0. The molecule has 3 aromatic rings. The number of rotatable bonds is 4. The molecule has 0 amide bonds. The Morgan fingerprint density at radius 3 is 2.12 bits per heavy atom. The summed E-state index contributed by atoms with van der Waals surface area (Å²) in [6.07, 6.45) is 0. The first-order valence-electron chi connectivity index (χ1n) is 7.73. The monoisotopic (exact) mass is 338 g/mol. The zero-order chi connectivity index (χ0) is 16.6. The van der Waals surface area contributed by atoms with E-state index in [4.69, 9.17) is 18.9 Å². The highest BCUT2D eigenvalue weighted by Gasteiger charge is 2.19. The molecule has 126 valence electrons. The van der Waals surface area contributed by atoms with Gasteiger partial charge in [-0.2, -0.15) is 5.10 Å². The van der Waals surface area contributed by atoms with Crippen LogP contribution in [0.3, 0.4) is 0 Å². The van der Waals surface area contributed by atoms with Gasteiger partial charge in [0.2, 0.25) is 13.6 Å². The van der Waals surface area contributed by atoms with Crippen molar-refractivity contribution in [3.8, 4) is 23.0 Å². The second-order valence-corrected chi connectivity index (χ2v) is 5.50. The molecule has 3 N–H and O–H groups in total. The van der Waals surface area contributed by atoms with Gasteiger partial charge in [0.25, 0.3) is 0 Å². The van der Waals surface area contributed by atoms with Gasteiger partial charge in [0.05, 0.1) is 11.4 Å². The lowest BCUT2D eigenvalue weighted by Gasteiger charge is -2.07. The average Bonchev–Trinajstić information content (AvgIpc) is 3.35. The summed E-state index contributed by atoms with van der Waals surface area (Å²) in [6.45, 7) is 0.452. The minimum Gasteiger partial charge on any atom is -0.454 e. The molecule has 0 spiro atoms. The number of H-pyrrole nitrogens is 1. The van der Waals surface area contributed by atoms with Crippen LogP contribution in [-0.4, -0.2) is 23.8 Å². The van der Waals surface area contributed by atoms with Gasteiger partial charge in [0, 0.05) is 6.07 Å². The van der Waals surface area contributed by atoms with Gasteiger partial charge in [0.15, 0.2) is 28.8 Å². The SMILES string of the molecule is c1cc(Nc2cc(Nc3cccc4c3OCO4)[nH]n2)c2c(c1)OCO2. The van der Waals surface area contributed by atoms with E-state index in [1.165, 1.54) is 0 Å². The van der Waals surface area contributed by atoms with E-state index in [9.17, 15) is 0 Å². The van der Waals surface area contributed by atoms with Crippen LogP contribution >= 0.6 is 0 Å². The van der Waals surface area contributed by atoms with Crippen molar-refractivity contribution < 1.29 is 18.9 Å². The van der Waals surface area contributed by atoms with Crippen LogP contribution in [0.5, 0.6) is 23.0 Å². The Balaban J connectivity index is 1.36. The third kappa shape index (κ3) is 2.44. The van der Waals surface area contributed by atoms with Crippen LogP contribution in [0.1, 0.15) is 0 Å². The molecule has 0 radical (unpaired) electrons. The number of aromatic amines is 1. The minimum absolute atomic E-state index is 0.225. The molecule has 2 aliphatic rings. The standard InChI is InChI=1S/C17H14N4O4/c1-3-10(16-12(5-1)22-8-24-16)18-14-7-15(21-20-14)19-11-4-2-6-13-17(11)25-9-23-13/h1-7H,8-9H2,(H3,18,19,20,21). The van der Waals surface area contributed by atoms with Gasteiger partial charge in [-0.1, -0.05) is 12.1 Å². The number of nitrogens with one attached hydrogen (secondary N) is 3. The van der Waals surface area contributed by atoms with Crippen LogP contribution in [-0.2, 0) is 0 Å². The average molecular weight is 338 g/mol. The molecule has 0 bridgehead atoms. The molecule has 1 aromatic heterocycles. The maximum Gasteiger partial charge on any atom is 0.231 e. The third-order valence-corrected chi connectivity index (χ3v) is 3.90. The van der Waals surface area contributed by atoms with Crippen LogP contribution in [0, 0.1) is 0 Å². The highest BCUT2D eigenvalue weighted by molar-refractivity contribution is 5.73. The first kappa shape index (κ1) is 13.8. The summed E-state index contributed by atoms with van der Waals surface area (Å²) in [5, 5.41) is 13.7. The number of anilines is 4. The van der Waals surface area contributed by atoms with Gasteiger partial charge in [0.1, 0.15) is 5.82 Å². The van der Waals surface area contributed by atoms with Crippen LogP contribution in [0.4, 0.5) is 23.0 Å². The Morgan fingerprint density at radius 2 is 1.44 bits per heavy atom. The summed E-state index contributed by atoms with van der Waals surface area (Å²) >= 11 is 0. The summed E-state index contributed by atoms with van der Waals surface area (Å²) < 4.78 is 21.7. The van der Waals surface area contributed by atoms with Gasteiger partial charge >= 0.3 is 0 Å². The number of para-hydroxylation sites is 2. The summed E-state index contributed by atoms with van der Waals surface area (Å²) in [5.41, 5.74) is 1.60. The molecule has 25 heavy (non-hydrogen) atoms. The molecule has 0 aliphatic carbocycles. The first-order valence-corrected chi connectivity index (χ1v) is 7.73. The molecule has 2 aromatic carbocycles. The van der Waals surface area contributed by atoms with Crippen LogP contribution in [0.15, 0.2) is 42.5 Å². The van der Waals surface area contributed by atoms with E-state index in [2.05, 4.69) is 20.8 Å². The Hall–Kier alpha value is -3.55. The molecule has 2 aliphatic heterocycles. The second kappa shape index (κ2) is 5.52. The fourth-order valence-corrected chi connectivity index (χ4v) is 2.79. The summed E-state index contributed by atoms with van der Waals surface area (Å²) in [7, 11) is 0. The fourth-order valence-electron chi connectivity index (χ4n) is 2.79. The number of hydrogen-bond acceptors (Lipinski definition) is 7. The lowest BCUT2D eigenvalue weighted by Crippen LogP contribution is -1.95. The highest BCUT2D eigenvalue weighted by Crippen LogP contribution is 2.41. The molecular formula is C17H14N4O4. The summed E-state index contributed by atoms with van der Waals surface area (Å²) in [4.78, 5) is 0. The molecule has 0 unspecified atom stereocenters. The zero-order valence-corrected chi connectivity index (χ0v) is 13.0. The van der Waals surface area contributed by atoms with Gasteiger partial charge < -0.3 is 29.6 Å². The predicted octanol–water partition coefficient (Wildman–Crippen LogP) is 3.35. The third-order valence-electron chi connectivity index (χ3n) is 3.90. The van der Waals surface area contributed by atoms with Gasteiger partial charge in [-0.15, -0.1) is 0 Å². The van der Waals surface area contributed by atoms with Crippen molar-refractivity contribution in [1.29, 1.82) is 0 Å². The Kier molecular flexibility index (Phi) is 3.06. The van der Waals surface area contributed by atoms with E-state index in [0.717, 1.165) is 28.7 Å². The normalized spacial score (nSPS) is 13.8. The maximum atomic E-state index is 5.49. The van der Waals surface area contributed by atoms with Crippen molar-refractivity contribution in [3.05, 3.63) is 42.5 Å². The molecule has 0 atom stereocenters. The Bertz CT molecular complexity index is 866. The Morgan fingerprint density at radius 1 is 0.800 bits per heavy atom. The van der Waals surface area contributed by atoms with E-state index in [-0.39, 0.29) is 13.6 Å². The van der Waals surface area contributed by atoms with Crippen molar-refractivity contribution in [2.75, 3.05) is 24.2 Å².